The summed E-state index contributed by atoms with van der Waals surface area (Å²) in [6, 6.07) is 29.3. The van der Waals surface area contributed by atoms with Gasteiger partial charge in [-0.05, 0) is 95.8 Å². The molecule has 8 rings (SSSR count). The van der Waals surface area contributed by atoms with Crippen LogP contribution in [0.1, 0.15) is 77.1 Å². The minimum Gasteiger partial charge on any atom is -0.457 e. The Kier molecular flexibility index (Phi) is 9.83. The summed E-state index contributed by atoms with van der Waals surface area (Å²) in [6.45, 7) is 9.60. The van der Waals surface area contributed by atoms with Gasteiger partial charge in [-0.1, -0.05) is 61.7 Å². The molecule has 0 unspecified atom stereocenters. The van der Waals surface area contributed by atoms with Crippen molar-refractivity contribution in [1.29, 1.82) is 0 Å². The van der Waals surface area contributed by atoms with Gasteiger partial charge >= 0.3 is 23.9 Å². The van der Waals surface area contributed by atoms with E-state index in [-0.39, 0.29) is 25.4 Å². The quantitative estimate of drug-likeness (QED) is 0.0533. The lowest BCUT2D eigenvalue weighted by Crippen LogP contribution is -2.29. The highest BCUT2D eigenvalue weighted by atomic mass is 16.7. The molecule has 0 saturated carbocycles. The fourth-order valence-corrected chi connectivity index (χ4v) is 7.05. The van der Waals surface area contributed by atoms with Crippen molar-refractivity contribution in [3.8, 4) is 23.0 Å². The average molecular weight is 723 g/mol. The lowest BCUT2D eigenvalue weighted by atomic mass is 9.60. The average Bonchev–Trinajstić information content (AvgIpc) is 3.18. The summed E-state index contributed by atoms with van der Waals surface area (Å²) in [6.07, 6.45) is 2.08. The van der Waals surface area contributed by atoms with E-state index in [0.29, 0.717) is 45.3 Å². The zero-order valence-corrected chi connectivity index (χ0v) is 29.5. The molecule has 0 heterocycles. The number of hydrogen-bond acceptors (Lipinski definition) is 10. The Hall–Kier alpha value is -6.94. The first-order chi connectivity index (χ1) is 26.2. The van der Waals surface area contributed by atoms with Crippen LogP contribution in [0.25, 0.3) is 0 Å². The number of esters is 4. The first-order valence-electron chi connectivity index (χ1n) is 17.0. The van der Waals surface area contributed by atoms with Crippen molar-refractivity contribution < 1.29 is 47.6 Å². The molecule has 0 saturated heterocycles. The number of carbonyl (C=O) groups is 4. The molecule has 54 heavy (non-hydrogen) atoms. The maximum atomic E-state index is 13.8. The highest BCUT2D eigenvalue weighted by Gasteiger charge is 2.45. The molecule has 0 N–H and O–H groups in total. The van der Waals surface area contributed by atoms with Gasteiger partial charge in [-0.15, -0.1) is 0 Å². The van der Waals surface area contributed by atoms with Gasteiger partial charge in [0.1, 0.15) is 23.0 Å². The van der Waals surface area contributed by atoms with Crippen LogP contribution in [0.3, 0.4) is 0 Å². The molecule has 0 radical (unpaired) electrons. The van der Waals surface area contributed by atoms with E-state index < -0.39 is 23.9 Å². The molecule has 0 spiro atoms. The van der Waals surface area contributed by atoms with Gasteiger partial charge in [-0.25, -0.2) is 19.2 Å². The van der Waals surface area contributed by atoms with Crippen LogP contribution in [-0.4, -0.2) is 37.5 Å². The second-order valence-corrected chi connectivity index (χ2v) is 12.6. The Morgan fingerprint density at radius 1 is 0.556 bits per heavy atom. The van der Waals surface area contributed by atoms with Crippen LogP contribution in [0.5, 0.6) is 23.0 Å². The van der Waals surface area contributed by atoms with Crippen molar-refractivity contribution in [1.82, 2.24) is 0 Å². The van der Waals surface area contributed by atoms with E-state index in [1.807, 2.05) is 24.3 Å². The predicted molar refractivity (Wildman–Crippen MR) is 197 cm³/mol. The van der Waals surface area contributed by atoms with Crippen LogP contribution >= 0.6 is 0 Å². The monoisotopic (exact) mass is 722 g/mol. The maximum absolute atomic E-state index is 13.8. The molecule has 0 amide bonds. The smallest absolute Gasteiger partial charge is 0.343 e. The summed E-state index contributed by atoms with van der Waals surface area (Å²) in [5, 5.41) is 0. The van der Waals surface area contributed by atoms with Gasteiger partial charge in [-0.3, -0.25) is 0 Å². The third-order valence-electron chi connectivity index (χ3n) is 9.45. The first-order valence-corrected chi connectivity index (χ1v) is 17.0. The normalized spacial score (nSPS) is 14.3. The zero-order chi connectivity index (χ0) is 37.9. The second kappa shape index (κ2) is 15.0. The van der Waals surface area contributed by atoms with Crippen molar-refractivity contribution in [2.24, 2.45) is 0 Å². The molecular formula is C44H34O10. The van der Waals surface area contributed by atoms with Gasteiger partial charge in [0.15, 0.2) is 0 Å². The number of hydrogen-bond donors (Lipinski definition) is 0. The largest absolute Gasteiger partial charge is 0.457 e. The van der Waals surface area contributed by atoms with Crippen LogP contribution in [-0.2, 0) is 19.1 Å². The molecular weight excluding hydrogens is 688 g/mol. The number of benzene rings is 5. The molecule has 2 bridgehead atoms. The Bertz CT molecular complexity index is 2150. The molecule has 5 aromatic carbocycles. The number of aryl methyl sites for hydroxylation is 2. The standard InChI is InChI=1S/C44H34O10/c1-5-37(45)51-23-49-27-15-17-29(25(3)21-27)43(47)53-35-19-20-36(54-44(48)30-18-16-28(22-26(30)4)50-24-52-38(46)6-2)42-40-33-13-9-7-11-31(33)39(41(35)42)32-12-8-10-14-34(32)40/h5-22,39-40H,1-2,23-24H2,3-4H3. The van der Waals surface area contributed by atoms with Crippen LogP contribution < -0.4 is 18.9 Å². The number of ether oxygens (including phenoxy) is 6. The zero-order valence-electron chi connectivity index (χ0n) is 29.5. The lowest BCUT2D eigenvalue weighted by molar-refractivity contribution is -0.145. The van der Waals surface area contributed by atoms with Crippen LogP contribution in [0.4, 0.5) is 0 Å². The van der Waals surface area contributed by atoms with Crippen LogP contribution in [0.15, 0.2) is 122 Å². The maximum Gasteiger partial charge on any atom is 0.343 e. The van der Waals surface area contributed by atoms with Crippen molar-refractivity contribution in [3.05, 3.63) is 178 Å². The third kappa shape index (κ3) is 6.72. The third-order valence-corrected chi connectivity index (χ3v) is 9.45. The summed E-state index contributed by atoms with van der Waals surface area (Å²) in [5.74, 6) is -1.49. The van der Waals surface area contributed by atoms with E-state index in [9.17, 15) is 19.2 Å². The topological polar surface area (TPSA) is 124 Å². The van der Waals surface area contributed by atoms with Crippen molar-refractivity contribution in [3.63, 3.8) is 0 Å². The summed E-state index contributed by atoms with van der Waals surface area (Å²) in [7, 11) is 0. The van der Waals surface area contributed by atoms with E-state index in [1.54, 1.807) is 62.4 Å². The minimum absolute atomic E-state index is 0.303. The summed E-state index contributed by atoms with van der Waals surface area (Å²) in [4.78, 5) is 50.4. The summed E-state index contributed by atoms with van der Waals surface area (Å²) < 4.78 is 33.2. The number of carbonyl (C=O) groups excluding carboxylic acids is 4. The van der Waals surface area contributed by atoms with Gasteiger partial charge < -0.3 is 28.4 Å². The van der Waals surface area contributed by atoms with Crippen molar-refractivity contribution in [2.45, 2.75) is 25.7 Å². The van der Waals surface area contributed by atoms with Gasteiger partial charge in [0.2, 0.25) is 13.6 Å². The highest BCUT2D eigenvalue weighted by Crippen LogP contribution is 2.60. The minimum atomic E-state index is -0.615. The SMILES string of the molecule is C=CC(=O)OCOc1ccc(C(=O)Oc2ccc(OC(=O)c3ccc(OCOC(=O)C=C)cc3C)c3c2C2c4ccccc4C3c3ccccc32)c(C)c1. The molecule has 0 aliphatic heterocycles. The number of rotatable bonds is 12. The van der Waals surface area contributed by atoms with E-state index in [4.69, 9.17) is 28.4 Å². The van der Waals surface area contributed by atoms with Crippen LogP contribution in [0.2, 0.25) is 0 Å². The Balaban J connectivity index is 1.22. The van der Waals surface area contributed by atoms with Gasteiger partial charge in [0.05, 0.1) is 11.1 Å². The fourth-order valence-electron chi connectivity index (χ4n) is 7.05. The van der Waals surface area contributed by atoms with E-state index in [2.05, 4.69) is 37.4 Å². The molecule has 0 fully saturated rings. The Morgan fingerprint density at radius 3 is 1.26 bits per heavy atom. The molecule has 10 heteroatoms. The molecule has 0 aromatic heterocycles. The lowest BCUT2D eigenvalue weighted by Gasteiger charge is -2.43. The second-order valence-electron chi connectivity index (χ2n) is 12.6. The Morgan fingerprint density at radius 2 is 0.926 bits per heavy atom. The molecule has 3 aliphatic carbocycles. The molecule has 10 nitrogen and oxygen atoms in total. The van der Waals surface area contributed by atoms with Gasteiger partial charge in [0.25, 0.3) is 0 Å². The molecule has 5 aromatic rings. The predicted octanol–water partition coefficient (Wildman–Crippen LogP) is 7.86. The van der Waals surface area contributed by atoms with E-state index >= 15 is 0 Å². The molecule has 0 atom stereocenters. The Labute approximate surface area is 311 Å². The first kappa shape index (κ1) is 35.5. The van der Waals surface area contributed by atoms with E-state index in [0.717, 1.165) is 45.5 Å². The van der Waals surface area contributed by atoms with Crippen molar-refractivity contribution in [2.75, 3.05) is 13.6 Å². The highest BCUT2D eigenvalue weighted by molar-refractivity contribution is 5.95. The van der Waals surface area contributed by atoms with Crippen molar-refractivity contribution >= 4 is 23.9 Å². The fraction of sp³-hybridized carbons (Fsp3) is 0.136. The van der Waals surface area contributed by atoms with Crippen LogP contribution in [0, 0.1) is 13.8 Å². The molecule has 3 aliphatic rings. The summed E-state index contributed by atoms with van der Waals surface area (Å²) >= 11 is 0. The van der Waals surface area contributed by atoms with Gasteiger partial charge in [0, 0.05) is 35.1 Å². The molecule has 270 valence electrons. The summed E-state index contributed by atoms with van der Waals surface area (Å²) in [5.41, 5.74) is 7.62. The van der Waals surface area contributed by atoms with E-state index in [1.165, 1.54) is 0 Å². The van der Waals surface area contributed by atoms with Gasteiger partial charge in [-0.2, -0.15) is 0 Å².